The summed E-state index contributed by atoms with van der Waals surface area (Å²) in [5.74, 6) is -0.00760. The molecular weight excluding hydrogens is 336 g/mol. The zero-order valence-electron chi connectivity index (χ0n) is 11.6. The molecule has 2 aromatic carbocycles. The van der Waals surface area contributed by atoms with Gasteiger partial charge in [-0.1, -0.05) is 28.1 Å². The normalized spacial score (nSPS) is 10.0. The molecule has 0 amide bonds. The van der Waals surface area contributed by atoms with Gasteiger partial charge in [0.1, 0.15) is 11.5 Å². The highest BCUT2D eigenvalue weighted by Gasteiger charge is 2.11. The number of halogens is 1. The number of carbonyl (C=O) groups excluding carboxylic acids is 2. The fourth-order valence-electron chi connectivity index (χ4n) is 1.86. The molecule has 0 heterocycles. The number of esters is 2. The van der Waals surface area contributed by atoms with Crippen LogP contribution in [-0.2, 0) is 9.59 Å². The lowest BCUT2D eigenvalue weighted by molar-refractivity contribution is -0.133. The summed E-state index contributed by atoms with van der Waals surface area (Å²) in [6.07, 6.45) is 0. The van der Waals surface area contributed by atoms with E-state index in [2.05, 4.69) is 15.9 Å². The molecule has 0 N–H and O–H groups in total. The first-order valence-corrected chi connectivity index (χ1v) is 7.02. The number of hydrogen-bond acceptors (Lipinski definition) is 4. The van der Waals surface area contributed by atoms with Crippen molar-refractivity contribution >= 4 is 27.9 Å². The maximum atomic E-state index is 11.2. The van der Waals surface area contributed by atoms with Gasteiger partial charge >= 0.3 is 11.9 Å². The quantitative estimate of drug-likeness (QED) is 0.622. The summed E-state index contributed by atoms with van der Waals surface area (Å²) in [5, 5.41) is 0. The first-order valence-electron chi connectivity index (χ1n) is 6.22. The van der Waals surface area contributed by atoms with E-state index in [-0.39, 0.29) is 0 Å². The molecule has 4 nitrogen and oxygen atoms in total. The van der Waals surface area contributed by atoms with Crippen molar-refractivity contribution in [2.45, 2.75) is 13.8 Å². The maximum Gasteiger partial charge on any atom is 0.308 e. The van der Waals surface area contributed by atoms with E-state index in [0.717, 1.165) is 10.0 Å². The van der Waals surface area contributed by atoms with E-state index in [1.54, 1.807) is 18.2 Å². The SMILES string of the molecule is CC(=O)Oc1ccc(OC(C)=O)c(-c2cccc(Br)c2)c1. The number of benzene rings is 2. The Morgan fingerprint density at radius 2 is 1.67 bits per heavy atom. The van der Waals surface area contributed by atoms with Gasteiger partial charge in [0.05, 0.1) is 0 Å². The number of carbonyl (C=O) groups is 2. The molecule has 2 rings (SSSR count). The van der Waals surface area contributed by atoms with Crippen molar-refractivity contribution in [1.82, 2.24) is 0 Å². The molecule has 0 bridgehead atoms. The predicted octanol–water partition coefficient (Wildman–Crippen LogP) is 3.97. The number of ether oxygens (including phenoxy) is 2. The summed E-state index contributed by atoms with van der Waals surface area (Å²) in [6, 6.07) is 12.4. The number of rotatable bonds is 3. The second-order valence-electron chi connectivity index (χ2n) is 4.36. The van der Waals surface area contributed by atoms with Crippen molar-refractivity contribution in [3.8, 4) is 22.6 Å². The molecule has 108 valence electrons. The largest absolute Gasteiger partial charge is 0.427 e. The topological polar surface area (TPSA) is 52.6 Å². The molecule has 0 saturated heterocycles. The van der Waals surface area contributed by atoms with Crippen LogP contribution in [0.15, 0.2) is 46.9 Å². The Kier molecular flexibility index (Phi) is 4.75. The summed E-state index contributed by atoms with van der Waals surface area (Å²) in [7, 11) is 0. The highest BCUT2D eigenvalue weighted by atomic mass is 79.9. The molecule has 0 spiro atoms. The fourth-order valence-corrected chi connectivity index (χ4v) is 2.26. The summed E-state index contributed by atoms with van der Waals surface area (Å²) >= 11 is 3.40. The van der Waals surface area contributed by atoms with Crippen LogP contribution >= 0.6 is 15.9 Å². The predicted molar refractivity (Wildman–Crippen MR) is 82.2 cm³/mol. The Morgan fingerprint density at radius 3 is 2.29 bits per heavy atom. The van der Waals surface area contributed by atoms with Crippen LogP contribution in [0.25, 0.3) is 11.1 Å². The molecular formula is C16H13BrO4. The zero-order valence-corrected chi connectivity index (χ0v) is 13.1. The van der Waals surface area contributed by atoms with Gasteiger partial charge in [-0.15, -0.1) is 0 Å². The van der Waals surface area contributed by atoms with Crippen molar-refractivity contribution in [2.24, 2.45) is 0 Å². The average Bonchev–Trinajstić information content (AvgIpc) is 2.39. The van der Waals surface area contributed by atoms with Gasteiger partial charge in [0, 0.05) is 23.9 Å². The third-order valence-electron chi connectivity index (χ3n) is 2.60. The van der Waals surface area contributed by atoms with E-state index in [0.29, 0.717) is 17.1 Å². The Bertz CT molecular complexity index is 694. The molecule has 0 aliphatic heterocycles. The highest BCUT2D eigenvalue weighted by Crippen LogP contribution is 2.34. The second kappa shape index (κ2) is 6.54. The van der Waals surface area contributed by atoms with Crippen molar-refractivity contribution in [2.75, 3.05) is 0 Å². The van der Waals surface area contributed by atoms with Crippen LogP contribution in [0.1, 0.15) is 13.8 Å². The van der Waals surface area contributed by atoms with Crippen molar-refractivity contribution in [1.29, 1.82) is 0 Å². The van der Waals surface area contributed by atoms with Crippen LogP contribution in [0.4, 0.5) is 0 Å². The average molecular weight is 349 g/mol. The Labute approximate surface area is 130 Å². The molecule has 0 radical (unpaired) electrons. The van der Waals surface area contributed by atoms with Gasteiger partial charge in [-0.05, 0) is 35.9 Å². The Hall–Kier alpha value is -2.14. The van der Waals surface area contributed by atoms with Gasteiger partial charge in [0.15, 0.2) is 0 Å². The molecule has 0 aliphatic carbocycles. The van der Waals surface area contributed by atoms with Gasteiger partial charge < -0.3 is 9.47 Å². The molecule has 21 heavy (non-hydrogen) atoms. The molecule has 0 aliphatic rings. The summed E-state index contributed by atoms with van der Waals surface area (Å²) in [5.41, 5.74) is 1.51. The van der Waals surface area contributed by atoms with E-state index >= 15 is 0 Å². The lowest BCUT2D eigenvalue weighted by atomic mass is 10.0. The highest BCUT2D eigenvalue weighted by molar-refractivity contribution is 9.10. The Balaban J connectivity index is 2.52. The Morgan fingerprint density at radius 1 is 0.952 bits per heavy atom. The van der Waals surface area contributed by atoms with Crippen molar-refractivity contribution in [3.05, 3.63) is 46.9 Å². The third-order valence-corrected chi connectivity index (χ3v) is 3.10. The van der Waals surface area contributed by atoms with Crippen LogP contribution in [0.2, 0.25) is 0 Å². The van der Waals surface area contributed by atoms with E-state index in [4.69, 9.17) is 9.47 Å². The lowest BCUT2D eigenvalue weighted by Gasteiger charge is -2.11. The molecule has 0 atom stereocenters. The van der Waals surface area contributed by atoms with Gasteiger partial charge in [-0.2, -0.15) is 0 Å². The van der Waals surface area contributed by atoms with Crippen LogP contribution in [0, 0.1) is 0 Å². The summed E-state index contributed by atoms with van der Waals surface area (Å²) in [6.45, 7) is 2.67. The maximum absolute atomic E-state index is 11.2. The van der Waals surface area contributed by atoms with Crippen molar-refractivity contribution < 1.29 is 19.1 Å². The first-order chi connectivity index (χ1) is 9.95. The van der Waals surface area contributed by atoms with E-state index in [1.165, 1.54) is 13.8 Å². The van der Waals surface area contributed by atoms with Crippen molar-refractivity contribution in [3.63, 3.8) is 0 Å². The van der Waals surface area contributed by atoms with Gasteiger partial charge in [-0.3, -0.25) is 9.59 Å². The van der Waals surface area contributed by atoms with Crippen LogP contribution in [0.3, 0.4) is 0 Å². The van der Waals surface area contributed by atoms with E-state index in [1.807, 2.05) is 24.3 Å². The molecule has 5 heteroatoms. The van der Waals surface area contributed by atoms with Gasteiger partial charge in [-0.25, -0.2) is 0 Å². The van der Waals surface area contributed by atoms with E-state index < -0.39 is 11.9 Å². The second-order valence-corrected chi connectivity index (χ2v) is 5.27. The lowest BCUT2D eigenvalue weighted by Crippen LogP contribution is -2.04. The molecule has 0 fully saturated rings. The molecule has 0 unspecified atom stereocenters. The standard InChI is InChI=1S/C16H13BrO4/c1-10(18)20-14-6-7-16(21-11(2)19)15(9-14)12-4-3-5-13(17)8-12/h3-9H,1-2H3. The minimum absolute atomic E-state index is 0.397. The van der Waals surface area contributed by atoms with Crippen LogP contribution < -0.4 is 9.47 Å². The van der Waals surface area contributed by atoms with E-state index in [9.17, 15) is 9.59 Å². The molecule has 0 saturated carbocycles. The van der Waals surface area contributed by atoms with Gasteiger partial charge in [0.25, 0.3) is 0 Å². The van der Waals surface area contributed by atoms with Crippen LogP contribution in [-0.4, -0.2) is 11.9 Å². The summed E-state index contributed by atoms with van der Waals surface area (Å²) in [4.78, 5) is 22.3. The van der Waals surface area contributed by atoms with Gasteiger partial charge in [0.2, 0.25) is 0 Å². The fraction of sp³-hybridized carbons (Fsp3) is 0.125. The minimum Gasteiger partial charge on any atom is -0.427 e. The molecule has 2 aromatic rings. The smallest absolute Gasteiger partial charge is 0.308 e. The zero-order chi connectivity index (χ0) is 15.4. The summed E-state index contributed by atoms with van der Waals surface area (Å²) < 4.78 is 11.2. The number of hydrogen-bond donors (Lipinski definition) is 0. The third kappa shape index (κ3) is 4.16. The monoisotopic (exact) mass is 348 g/mol. The molecule has 0 aromatic heterocycles. The van der Waals surface area contributed by atoms with Crippen LogP contribution in [0.5, 0.6) is 11.5 Å². The minimum atomic E-state index is -0.411. The first kappa shape index (κ1) is 15.3.